The molecular formula is C15H15Br. The number of rotatable bonds is 2. The first-order chi connectivity index (χ1) is 7.70. The normalized spacial score (nSPS) is 10.4. The molecule has 0 radical (unpaired) electrons. The van der Waals surface area contributed by atoms with E-state index in [1.165, 1.54) is 27.8 Å². The predicted molar refractivity (Wildman–Crippen MR) is 74.0 cm³/mol. The fraction of sp³-hybridized carbons (Fsp3) is 0.200. The van der Waals surface area contributed by atoms with E-state index in [1.54, 1.807) is 0 Å². The highest BCUT2D eigenvalue weighted by Gasteiger charge is 2.01. The van der Waals surface area contributed by atoms with Gasteiger partial charge in [0.05, 0.1) is 0 Å². The second-order valence-corrected chi connectivity index (χ2v) is 4.70. The maximum absolute atomic E-state index is 3.53. The summed E-state index contributed by atoms with van der Waals surface area (Å²) >= 11 is 3.53. The minimum Gasteiger partial charge on any atom is -0.0876 e. The molecule has 0 aliphatic heterocycles. The van der Waals surface area contributed by atoms with Crippen LogP contribution < -0.4 is 0 Å². The van der Waals surface area contributed by atoms with E-state index in [0.29, 0.717) is 0 Å². The highest BCUT2D eigenvalue weighted by Crippen LogP contribution is 2.23. The topological polar surface area (TPSA) is 0 Å². The molecule has 0 aromatic heterocycles. The van der Waals surface area contributed by atoms with Crippen molar-refractivity contribution in [2.75, 3.05) is 0 Å². The van der Waals surface area contributed by atoms with Crippen molar-refractivity contribution in [3.63, 3.8) is 0 Å². The van der Waals surface area contributed by atoms with Gasteiger partial charge in [0.25, 0.3) is 0 Å². The summed E-state index contributed by atoms with van der Waals surface area (Å²) in [5.41, 5.74) is 6.58. The van der Waals surface area contributed by atoms with Crippen LogP contribution in [0.4, 0.5) is 0 Å². The largest absolute Gasteiger partial charge is 0.0876 e. The molecule has 82 valence electrons. The standard InChI is InChI=1S/C15H15Br/c1-11-3-6-13(7-4-11)14-8-5-12(2)15(9-14)10-16/h3-9H,10H2,1-2H3. The average molecular weight is 275 g/mol. The van der Waals surface area contributed by atoms with Crippen LogP contribution in [-0.2, 0) is 5.33 Å². The Morgan fingerprint density at radius 1 is 0.875 bits per heavy atom. The van der Waals surface area contributed by atoms with Crippen molar-refractivity contribution >= 4 is 15.9 Å². The zero-order chi connectivity index (χ0) is 11.5. The van der Waals surface area contributed by atoms with Gasteiger partial charge in [0, 0.05) is 5.33 Å². The zero-order valence-electron chi connectivity index (χ0n) is 9.63. The van der Waals surface area contributed by atoms with E-state index in [0.717, 1.165) is 5.33 Å². The Labute approximate surface area is 105 Å². The predicted octanol–water partition coefficient (Wildman–Crippen LogP) is 4.87. The molecule has 2 rings (SSSR count). The van der Waals surface area contributed by atoms with Crippen molar-refractivity contribution in [2.24, 2.45) is 0 Å². The Morgan fingerprint density at radius 3 is 2.12 bits per heavy atom. The van der Waals surface area contributed by atoms with Gasteiger partial charge >= 0.3 is 0 Å². The van der Waals surface area contributed by atoms with Gasteiger partial charge in [-0.3, -0.25) is 0 Å². The molecule has 2 aromatic carbocycles. The van der Waals surface area contributed by atoms with Gasteiger partial charge in [0.2, 0.25) is 0 Å². The van der Waals surface area contributed by atoms with Gasteiger partial charge in [-0.05, 0) is 36.1 Å². The number of halogens is 1. The monoisotopic (exact) mass is 274 g/mol. The third kappa shape index (κ3) is 2.35. The summed E-state index contributed by atoms with van der Waals surface area (Å²) in [4.78, 5) is 0. The van der Waals surface area contributed by atoms with E-state index in [-0.39, 0.29) is 0 Å². The SMILES string of the molecule is Cc1ccc(-c2ccc(C)c(CBr)c2)cc1. The van der Waals surface area contributed by atoms with Crippen LogP contribution >= 0.6 is 15.9 Å². The van der Waals surface area contributed by atoms with Crippen LogP contribution in [0.3, 0.4) is 0 Å². The number of aryl methyl sites for hydroxylation is 2. The van der Waals surface area contributed by atoms with Gasteiger partial charge in [-0.25, -0.2) is 0 Å². The second kappa shape index (κ2) is 4.84. The molecule has 0 amide bonds. The van der Waals surface area contributed by atoms with Crippen LogP contribution in [0.25, 0.3) is 11.1 Å². The van der Waals surface area contributed by atoms with Crippen molar-refractivity contribution in [1.29, 1.82) is 0 Å². The van der Waals surface area contributed by atoms with Crippen LogP contribution in [-0.4, -0.2) is 0 Å². The molecule has 0 bridgehead atoms. The molecule has 0 saturated heterocycles. The molecule has 0 N–H and O–H groups in total. The lowest BCUT2D eigenvalue weighted by atomic mass is 10.00. The van der Waals surface area contributed by atoms with E-state index >= 15 is 0 Å². The molecule has 0 fully saturated rings. The number of benzene rings is 2. The van der Waals surface area contributed by atoms with Crippen molar-refractivity contribution in [3.8, 4) is 11.1 Å². The fourth-order valence-electron chi connectivity index (χ4n) is 1.74. The Bertz CT molecular complexity index is 483. The Hall–Kier alpha value is -1.08. The molecule has 0 atom stereocenters. The molecule has 2 aromatic rings. The first-order valence-corrected chi connectivity index (χ1v) is 6.55. The van der Waals surface area contributed by atoms with E-state index in [2.05, 4.69) is 72.2 Å². The number of alkyl halides is 1. The average Bonchev–Trinajstić information content (AvgIpc) is 2.31. The molecule has 1 heteroatoms. The smallest absolute Gasteiger partial charge is 0.0285 e. The quantitative estimate of drug-likeness (QED) is 0.686. The molecule has 0 aliphatic carbocycles. The van der Waals surface area contributed by atoms with Crippen LogP contribution in [0.5, 0.6) is 0 Å². The van der Waals surface area contributed by atoms with Crippen LogP contribution in [0, 0.1) is 13.8 Å². The first kappa shape index (κ1) is 11.4. The lowest BCUT2D eigenvalue weighted by Crippen LogP contribution is -1.86. The minimum absolute atomic E-state index is 0.915. The molecule has 0 saturated carbocycles. The summed E-state index contributed by atoms with van der Waals surface area (Å²) in [6, 6.07) is 15.3. The summed E-state index contributed by atoms with van der Waals surface area (Å²) in [5.74, 6) is 0. The number of hydrogen-bond donors (Lipinski definition) is 0. The van der Waals surface area contributed by atoms with Gasteiger partial charge < -0.3 is 0 Å². The summed E-state index contributed by atoms with van der Waals surface area (Å²) in [7, 11) is 0. The summed E-state index contributed by atoms with van der Waals surface area (Å²) < 4.78 is 0. The maximum Gasteiger partial charge on any atom is 0.0285 e. The van der Waals surface area contributed by atoms with Crippen molar-refractivity contribution in [2.45, 2.75) is 19.2 Å². The fourth-order valence-corrected chi connectivity index (χ4v) is 2.35. The second-order valence-electron chi connectivity index (χ2n) is 4.14. The summed E-state index contributed by atoms with van der Waals surface area (Å²) in [6.45, 7) is 4.26. The lowest BCUT2D eigenvalue weighted by Gasteiger charge is -2.07. The molecule has 0 aliphatic rings. The highest BCUT2D eigenvalue weighted by molar-refractivity contribution is 9.08. The van der Waals surface area contributed by atoms with Crippen LogP contribution in [0.1, 0.15) is 16.7 Å². The van der Waals surface area contributed by atoms with Crippen LogP contribution in [0.15, 0.2) is 42.5 Å². The third-order valence-corrected chi connectivity index (χ3v) is 3.48. The van der Waals surface area contributed by atoms with E-state index < -0.39 is 0 Å². The lowest BCUT2D eigenvalue weighted by molar-refractivity contribution is 1.32. The highest BCUT2D eigenvalue weighted by atomic mass is 79.9. The van der Waals surface area contributed by atoms with Crippen molar-refractivity contribution in [3.05, 3.63) is 59.2 Å². The van der Waals surface area contributed by atoms with Crippen molar-refractivity contribution < 1.29 is 0 Å². The van der Waals surface area contributed by atoms with Gasteiger partial charge in [-0.2, -0.15) is 0 Å². The van der Waals surface area contributed by atoms with E-state index in [1.807, 2.05) is 0 Å². The van der Waals surface area contributed by atoms with Gasteiger partial charge in [0.15, 0.2) is 0 Å². The molecule has 16 heavy (non-hydrogen) atoms. The van der Waals surface area contributed by atoms with Crippen LogP contribution in [0.2, 0.25) is 0 Å². The van der Waals surface area contributed by atoms with Gasteiger partial charge in [-0.1, -0.05) is 64.0 Å². The Morgan fingerprint density at radius 2 is 1.50 bits per heavy atom. The van der Waals surface area contributed by atoms with E-state index in [4.69, 9.17) is 0 Å². The summed E-state index contributed by atoms with van der Waals surface area (Å²) in [6.07, 6.45) is 0. The molecular weight excluding hydrogens is 260 g/mol. The molecule has 0 unspecified atom stereocenters. The minimum atomic E-state index is 0.915. The molecule has 0 nitrogen and oxygen atoms in total. The summed E-state index contributed by atoms with van der Waals surface area (Å²) in [5, 5.41) is 0.915. The Balaban J connectivity index is 2.44. The zero-order valence-corrected chi connectivity index (χ0v) is 11.2. The molecule has 0 spiro atoms. The first-order valence-electron chi connectivity index (χ1n) is 5.43. The van der Waals surface area contributed by atoms with E-state index in [9.17, 15) is 0 Å². The number of hydrogen-bond acceptors (Lipinski definition) is 0. The Kier molecular flexibility index (Phi) is 3.45. The third-order valence-electron chi connectivity index (χ3n) is 2.88. The van der Waals surface area contributed by atoms with Gasteiger partial charge in [-0.15, -0.1) is 0 Å². The molecule has 0 heterocycles. The van der Waals surface area contributed by atoms with Crippen molar-refractivity contribution in [1.82, 2.24) is 0 Å². The maximum atomic E-state index is 3.53. The van der Waals surface area contributed by atoms with Gasteiger partial charge in [0.1, 0.15) is 0 Å².